The fraction of sp³-hybridized carbons (Fsp3) is 0.273. The van der Waals surface area contributed by atoms with E-state index in [1.165, 1.54) is 12.1 Å². The summed E-state index contributed by atoms with van der Waals surface area (Å²) in [6.07, 6.45) is 0.201. The van der Waals surface area contributed by atoms with Crippen molar-refractivity contribution >= 4 is 11.6 Å². The molecule has 1 unspecified atom stereocenters. The summed E-state index contributed by atoms with van der Waals surface area (Å²) in [4.78, 5) is 11.1. The highest BCUT2D eigenvalue weighted by Crippen LogP contribution is 2.16. The normalized spacial score (nSPS) is 20.2. The molecule has 0 spiro atoms. The Morgan fingerprint density at radius 2 is 2.12 bits per heavy atom. The van der Waals surface area contributed by atoms with Gasteiger partial charge in [-0.3, -0.25) is 4.79 Å². The number of aliphatic hydroxyl groups excluding tert-OH is 1. The summed E-state index contributed by atoms with van der Waals surface area (Å²) >= 11 is 0. The van der Waals surface area contributed by atoms with E-state index < -0.39 is 0 Å². The number of nitrogens with zero attached hydrogens (tertiary/aromatic N) is 1. The van der Waals surface area contributed by atoms with Gasteiger partial charge in [-0.25, -0.2) is 9.82 Å². The zero-order chi connectivity index (χ0) is 11.5. The van der Waals surface area contributed by atoms with Gasteiger partial charge in [-0.05, 0) is 17.7 Å². The topological polar surface area (TPSA) is 61.7 Å². The van der Waals surface area contributed by atoms with Crippen LogP contribution in [0.2, 0.25) is 0 Å². The van der Waals surface area contributed by atoms with E-state index in [4.69, 9.17) is 5.11 Å². The fourth-order valence-electron chi connectivity index (χ4n) is 1.65. The van der Waals surface area contributed by atoms with Gasteiger partial charge in [-0.2, -0.15) is 5.10 Å². The van der Waals surface area contributed by atoms with Gasteiger partial charge in [-0.15, -0.1) is 0 Å². The molecule has 4 nitrogen and oxygen atoms in total. The minimum atomic E-state index is -0.329. The molecule has 0 saturated carbocycles. The molecule has 1 heterocycles. The quantitative estimate of drug-likeness (QED) is 0.772. The van der Waals surface area contributed by atoms with Crippen LogP contribution in [0.15, 0.2) is 29.4 Å². The van der Waals surface area contributed by atoms with Crippen LogP contribution in [0, 0.1) is 11.7 Å². The van der Waals surface area contributed by atoms with E-state index in [2.05, 4.69) is 10.5 Å². The van der Waals surface area contributed by atoms with Crippen LogP contribution in [-0.4, -0.2) is 23.3 Å². The molecule has 0 aromatic heterocycles. The number of amides is 1. The maximum Gasteiger partial charge on any atom is 0.240 e. The summed E-state index contributed by atoms with van der Waals surface area (Å²) < 4.78 is 12.7. The molecule has 2 rings (SSSR count). The lowest BCUT2D eigenvalue weighted by Gasteiger charge is -2.20. The molecule has 1 atom stereocenters. The fourth-order valence-corrected chi connectivity index (χ4v) is 1.65. The third-order valence-electron chi connectivity index (χ3n) is 2.48. The van der Waals surface area contributed by atoms with E-state index in [0.717, 1.165) is 0 Å². The predicted octanol–water partition coefficient (Wildman–Crippen LogP) is 0.658. The molecule has 5 heteroatoms. The molecule has 2 N–H and O–H groups in total. The molecule has 0 aliphatic carbocycles. The number of carbonyl (C=O) groups excluding carboxylic acids is 1. The Hall–Kier alpha value is -1.75. The highest BCUT2D eigenvalue weighted by molar-refractivity contribution is 6.05. The Morgan fingerprint density at radius 3 is 2.75 bits per heavy atom. The van der Waals surface area contributed by atoms with E-state index in [1.807, 2.05) is 0 Å². The first kappa shape index (κ1) is 10.8. The van der Waals surface area contributed by atoms with Crippen LogP contribution in [0.3, 0.4) is 0 Å². The molecule has 0 saturated heterocycles. The smallest absolute Gasteiger partial charge is 0.240 e. The van der Waals surface area contributed by atoms with E-state index in [-0.39, 0.29) is 30.7 Å². The Balaban J connectivity index is 2.31. The molecular weight excluding hydrogens is 211 g/mol. The van der Waals surface area contributed by atoms with Crippen molar-refractivity contribution < 1.29 is 14.3 Å². The molecule has 1 amide bonds. The molecule has 1 aromatic rings. The Bertz CT molecular complexity index is 428. The van der Waals surface area contributed by atoms with Crippen LogP contribution in [0.25, 0.3) is 0 Å². The van der Waals surface area contributed by atoms with Crippen molar-refractivity contribution in [2.45, 2.75) is 6.42 Å². The number of rotatable bonds is 2. The molecule has 1 aliphatic heterocycles. The lowest BCUT2D eigenvalue weighted by Crippen LogP contribution is -2.35. The molecule has 0 bridgehead atoms. The Kier molecular flexibility index (Phi) is 2.96. The third-order valence-corrected chi connectivity index (χ3v) is 2.48. The van der Waals surface area contributed by atoms with Gasteiger partial charge in [0.25, 0.3) is 0 Å². The van der Waals surface area contributed by atoms with Gasteiger partial charge in [0.1, 0.15) is 5.82 Å². The number of halogens is 1. The summed E-state index contributed by atoms with van der Waals surface area (Å²) in [5.74, 6) is -0.867. The van der Waals surface area contributed by atoms with Crippen molar-refractivity contribution in [2.75, 3.05) is 6.61 Å². The van der Waals surface area contributed by atoms with Gasteiger partial charge in [-0.1, -0.05) is 12.1 Å². The van der Waals surface area contributed by atoms with Crippen LogP contribution in [0.5, 0.6) is 0 Å². The van der Waals surface area contributed by atoms with E-state index in [9.17, 15) is 9.18 Å². The largest absolute Gasteiger partial charge is 0.396 e. The summed E-state index contributed by atoms with van der Waals surface area (Å²) in [5.41, 5.74) is 3.65. The molecule has 1 aromatic carbocycles. The number of benzene rings is 1. The van der Waals surface area contributed by atoms with Crippen LogP contribution in [0.4, 0.5) is 4.39 Å². The van der Waals surface area contributed by atoms with Crippen molar-refractivity contribution in [3.8, 4) is 0 Å². The molecule has 16 heavy (non-hydrogen) atoms. The predicted molar refractivity (Wildman–Crippen MR) is 56.3 cm³/mol. The highest BCUT2D eigenvalue weighted by Gasteiger charge is 2.24. The minimum absolute atomic E-state index is 0.149. The summed E-state index contributed by atoms with van der Waals surface area (Å²) in [7, 11) is 0. The molecule has 0 fully saturated rings. The monoisotopic (exact) mass is 222 g/mol. The second-order valence-electron chi connectivity index (χ2n) is 3.62. The van der Waals surface area contributed by atoms with Crippen LogP contribution >= 0.6 is 0 Å². The molecule has 84 valence electrons. The average molecular weight is 222 g/mol. The maximum absolute atomic E-state index is 12.7. The van der Waals surface area contributed by atoms with E-state index >= 15 is 0 Å². The van der Waals surface area contributed by atoms with Crippen molar-refractivity contribution in [2.24, 2.45) is 11.0 Å². The number of hydrogen-bond acceptors (Lipinski definition) is 3. The van der Waals surface area contributed by atoms with Crippen molar-refractivity contribution in [3.63, 3.8) is 0 Å². The first-order valence-electron chi connectivity index (χ1n) is 4.94. The third kappa shape index (κ3) is 2.09. The van der Waals surface area contributed by atoms with Gasteiger partial charge in [0.15, 0.2) is 0 Å². The Labute approximate surface area is 91.8 Å². The van der Waals surface area contributed by atoms with E-state index in [0.29, 0.717) is 11.3 Å². The van der Waals surface area contributed by atoms with Crippen molar-refractivity contribution in [1.82, 2.24) is 5.43 Å². The van der Waals surface area contributed by atoms with Gasteiger partial charge in [0.2, 0.25) is 5.91 Å². The van der Waals surface area contributed by atoms with Crippen LogP contribution in [0.1, 0.15) is 12.0 Å². The second-order valence-corrected chi connectivity index (χ2v) is 3.62. The molecule has 1 aliphatic rings. The van der Waals surface area contributed by atoms with E-state index in [1.54, 1.807) is 12.1 Å². The van der Waals surface area contributed by atoms with Crippen molar-refractivity contribution in [3.05, 3.63) is 35.6 Å². The van der Waals surface area contributed by atoms with Gasteiger partial charge >= 0.3 is 0 Å². The minimum Gasteiger partial charge on any atom is -0.396 e. The van der Waals surface area contributed by atoms with Gasteiger partial charge in [0.05, 0.1) is 12.3 Å². The Morgan fingerprint density at radius 1 is 1.44 bits per heavy atom. The average Bonchev–Trinajstić information content (AvgIpc) is 2.30. The SMILES string of the molecule is O=C1CC(CO)C(c2ccc(F)cc2)=NN1. The number of aliphatic hydroxyl groups is 1. The number of nitrogens with one attached hydrogen (secondary N) is 1. The summed E-state index contributed by atoms with van der Waals surface area (Å²) in [6, 6.07) is 5.80. The van der Waals surface area contributed by atoms with Gasteiger partial charge in [0, 0.05) is 12.3 Å². The first-order chi connectivity index (χ1) is 7.70. The molecule has 0 radical (unpaired) electrons. The van der Waals surface area contributed by atoms with Crippen LogP contribution in [-0.2, 0) is 4.79 Å². The zero-order valence-electron chi connectivity index (χ0n) is 8.48. The van der Waals surface area contributed by atoms with Crippen LogP contribution < -0.4 is 5.43 Å². The standard InChI is InChI=1S/C11H11FN2O2/c12-9-3-1-7(2-4-9)11-8(6-15)5-10(16)13-14-11/h1-4,8,15H,5-6H2,(H,13,16). The lowest BCUT2D eigenvalue weighted by atomic mass is 9.93. The molecular formula is C11H11FN2O2. The summed E-state index contributed by atoms with van der Waals surface area (Å²) in [6.45, 7) is -0.149. The summed E-state index contributed by atoms with van der Waals surface area (Å²) in [5, 5.41) is 13.1. The first-order valence-corrected chi connectivity index (χ1v) is 4.94. The number of carbonyl (C=O) groups is 1. The number of hydrazone groups is 1. The second kappa shape index (κ2) is 4.40. The van der Waals surface area contributed by atoms with Gasteiger partial charge < -0.3 is 5.11 Å². The maximum atomic E-state index is 12.7. The number of hydrogen-bond donors (Lipinski definition) is 2. The lowest BCUT2D eigenvalue weighted by molar-refractivity contribution is -0.122. The highest BCUT2D eigenvalue weighted by atomic mass is 19.1. The zero-order valence-corrected chi connectivity index (χ0v) is 8.48. The van der Waals surface area contributed by atoms with Crippen molar-refractivity contribution in [1.29, 1.82) is 0 Å².